The van der Waals surface area contributed by atoms with E-state index in [-0.39, 0.29) is 5.97 Å². The van der Waals surface area contributed by atoms with Crippen LogP contribution in [-0.2, 0) is 4.74 Å². The quantitative estimate of drug-likeness (QED) is 0.738. The summed E-state index contributed by atoms with van der Waals surface area (Å²) in [6.45, 7) is 3.76. The topological polar surface area (TPSA) is 78.1 Å². The molecule has 5 nitrogen and oxygen atoms in total. The van der Waals surface area contributed by atoms with Gasteiger partial charge in [-0.1, -0.05) is 36.4 Å². The van der Waals surface area contributed by atoms with Crippen molar-refractivity contribution in [1.82, 2.24) is 9.97 Å². The van der Waals surface area contributed by atoms with Gasteiger partial charge in [-0.25, -0.2) is 9.78 Å². The Morgan fingerprint density at radius 1 is 0.920 bits per heavy atom. The van der Waals surface area contributed by atoms with E-state index in [9.17, 15) is 4.79 Å². The number of hydrogen-bond acceptors (Lipinski definition) is 5. The molecule has 0 aliphatic heterocycles. The fourth-order valence-corrected chi connectivity index (χ4v) is 2.68. The highest BCUT2D eigenvalue weighted by Gasteiger charge is 2.10. The van der Waals surface area contributed by atoms with Crippen LogP contribution in [0.15, 0.2) is 48.5 Å². The number of ether oxygens (including phenoxy) is 1. The van der Waals surface area contributed by atoms with Crippen LogP contribution in [0.25, 0.3) is 22.4 Å². The van der Waals surface area contributed by atoms with E-state index in [1.54, 1.807) is 6.07 Å². The molecule has 0 unspecified atom stereocenters. The van der Waals surface area contributed by atoms with Crippen LogP contribution in [0.4, 0.5) is 5.82 Å². The number of methoxy groups -OCH3 is 1. The van der Waals surface area contributed by atoms with Crippen molar-refractivity contribution in [3.8, 4) is 22.4 Å². The highest BCUT2D eigenvalue weighted by atomic mass is 16.5. The Labute approximate surface area is 146 Å². The average molecular weight is 333 g/mol. The number of carbonyl (C=O) groups is 1. The van der Waals surface area contributed by atoms with E-state index in [1.807, 2.05) is 56.3 Å². The number of nitrogen functional groups attached to an aromatic ring is 1. The van der Waals surface area contributed by atoms with Crippen molar-refractivity contribution in [2.24, 2.45) is 0 Å². The van der Waals surface area contributed by atoms with E-state index < -0.39 is 0 Å². The molecule has 0 aliphatic carbocycles. The van der Waals surface area contributed by atoms with Crippen molar-refractivity contribution < 1.29 is 9.53 Å². The summed E-state index contributed by atoms with van der Waals surface area (Å²) in [4.78, 5) is 20.6. The molecule has 5 heteroatoms. The Morgan fingerprint density at radius 3 is 2.28 bits per heavy atom. The third-order valence-corrected chi connectivity index (χ3v) is 4.06. The van der Waals surface area contributed by atoms with Gasteiger partial charge < -0.3 is 10.5 Å². The van der Waals surface area contributed by atoms with Gasteiger partial charge >= 0.3 is 5.97 Å². The summed E-state index contributed by atoms with van der Waals surface area (Å²) < 4.78 is 4.77. The maximum Gasteiger partial charge on any atom is 0.337 e. The maximum atomic E-state index is 11.7. The molecule has 0 amide bonds. The number of benzene rings is 2. The first kappa shape index (κ1) is 16.6. The van der Waals surface area contributed by atoms with E-state index in [0.717, 1.165) is 33.8 Å². The molecule has 1 heterocycles. The number of aromatic nitrogens is 2. The number of hydrogen-bond donors (Lipinski definition) is 1. The van der Waals surface area contributed by atoms with Crippen molar-refractivity contribution >= 4 is 11.8 Å². The van der Waals surface area contributed by atoms with Crippen LogP contribution >= 0.6 is 0 Å². The summed E-state index contributed by atoms with van der Waals surface area (Å²) in [6, 6.07) is 15.3. The molecule has 3 aromatic rings. The van der Waals surface area contributed by atoms with Gasteiger partial charge in [-0.05, 0) is 37.1 Å². The molecule has 1 aromatic heterocycles. The molecule has 2 aromatic carbocycles. The van der Waals surface area contributed by atoms with E-state index in [0.29, 0.717) is 11.4 Å². The standard InChI is InChI=1S/C20H19N3O2/c1-12-18(23-19(21)13(2)22-12)15-9-7-14(8-10-15)16-5-4-6-17(11-16)20(24)25-3/h4-11H,1-3H3,(H2,21,23). The molecule has 2 N–H and O–H groups in total. The average Bonchev–Trinajstić information content (AvgIpc) is 2.64. The zero-order valence-electron chi connectivity index (χ0n) is 14.4. The zero-order chi connectivity index (χ0) is 18.0. The van der Waals surface area contributed by atoms with Gasteiger partial charge in [0.05, 0.1) is 29.8 Å². The summed E-state index contributed by atoms with van der Waals surface area (Å²) in [6.07, 6.45) is 0. The van der Waals surface area contributed by atoms with E-state index in [2.05, 4.69) is 9.97 Å². The normalized spacial score (nSPS) is 10.5. The molecule has 0 spiro atoms. The van der Waals surface area contributed by atoms with Gasteiger partial charge in [0, 0.05) is 5.56 Å². The molecular formula is C20H19N3O2. The fraction of sp³-hybridized carbons (Fsp3) is 0.150. The predicted molar refractivity (Wildman–Crippen MR) is 98.1 cm³/mol. The number of anilines is 1. The van der Waals surface area contributed by atoms with Gasteiger partial charge in [-0.15, -0.1) is 0 Å². The first-order valence-electron chi connectivity index (χ1n) is 7.89. The van der Waals surface area contributed by atoms with Crippen LogP contribution in [0, 0.1) is 13.8 Å². The minimum Gasteiger partial charge on any atom is -0.465 e. The molecule has 126 valence electrons. The number of rotatable bonds is 3. The number of nitrogens with two attached hydrogens (primary N) is 1. The molecule has 0 aliphatic rings. The van der Waals surface area contributed by atoms with Gasteiger partial charge in [0.1, 0.15) is 5.82 Å². The Bertz CT molecular complexity index is 934. The van der Waals surface area contributed by atoms with Gasteiger partial charge in [0.25, 0.3) is 0 Å². The van der Waals surface area contributed by atoms with Crippen molar-refractivity contribution in [2.45, 2.75) is 13.8 Å². The number of nitrogens with zero attached hydrogens (tertiary/aromatic N) is 2. The second-order valence-corrected chi connectivity index (χ2v) is 5.78. The molecule has 0 radical (unpaired) electrons. The van der Waals surface area contributed by atoms with Crippen LogP contribution in [-0.4, -0.2) is 23.0 Å². The van der Waals surface area contributed by atoms with Gasteiger partial charge in [-0.3, -0.25) is 4.98 Å². The van der Waals surface area contributed by atoms with Crippen LogP contribution in [0.5, 0.6) is 0 Å². The minimum absolute atomic E-state index is 0.348. The smallest absolute Gasteiger partial charge is 0.337 e. The molecular weight excluding hydrogens is 314 g/mol. The first-order valence-corrected chi connectivity index (χ1v) is 7.89. The lowest BCUT2D eigenvalue weighted by Crippen LogP contribution is -2.02. The number of carbonyl (C=O) groups excluding carboxylic acids is 1. The van der Waals surface area contributed by atoms with Crippen LogP contribution < -0.4 is 5.73 Å². The van der Waals surface area contributed by atoms with Crippen molar-refractivity contribution in [3.05, 3.63) is 65.5 Å². The molecule has 25 heavy (non-hydrogen) atoms. The number of aryl methyl sites for hydroxylation is 2. The third kappa shape index (κ3) is 3.35. The lowest BCUT2D eigenvalue weighted by molar-refractivity contribution is 0.0601. The lowest BCUT2D eigenvalue weighted by Gasteiger charge is -2.09. The van der Waals surface area contributed by atoms with Crippen molar-refractivity contribution in [2.75, 3.05) is 12.8 Å². The largest absolute Gasteiger partial charge is 0.465 e. The monoisotopic (exact) mass is 333 g/mol. The third-order valence-electron chi connectivity index (χ3n) is 4.06. The lowest BCUT2D eigenvalue weighted by atomic mass is 10.0. The molecule has 0 atom stereocenters. The number of esters is 1. The Morgan fingerprint density at radius 2 is 1.60 bits per heavy atom. The highest BCUT2D eigenvalue weighted by Crippen LogP contribution is 2.26. The highest BCUT2D eigenvalue weighted by molar-refractivity contribution is 5.91. The SMILES string of the molecule is COC(=O)c1cccc(-c2ccc(-c3nc(N)c(C)nc3C)cc2)c1. The van der Waals surface area contributed by atoms with E-state index >= 15 is 0 Å². The maximum absolute atomic E-state index is 11.7. The Balaban J connectivity index is 1.96. The van der Waals surface area contributed by atoms with Gasteiger partial charge in [0.2, 0.25) is 0 Å². The van der Waals surface area contributed by atoms with Crippen molar-refractivity contribution in [3.63, 3.8) is 0 Å². The summed E-state index contributed by atoms with van der Waals surface area (Å²) >= 11 is 0. The molecule has 3 rings (SSSR count). The minimum atomic E-state index is -0.348. The van der Waals surface area contributed by atoms with Crippen LogP contribution in [0.3, 0.4) is 0 Å². The van der Waals surface area contributed by atoms with Gasteiger partial charge in [-0.2, -0.15) is 0 Å². The van der Waals surface area contributed by atoms with Crippen LogP contribution in [0.2, 0.25) is 0 Å². The summed E-state index contributed by atoms with van der Waals surface area (Å²) in [5.41, 5.74) is 11.7. The van der Waals surface area contributed by atoms with E-state index in [4.69, 9.17) is 10.5 Å². The van der Waals surface area contributed by atoms with Crippen LogP contribution in [0.1, 0.15) is 21.7 Å². The second kappa shape index (κ2) is 6.73. The van der Waals surface area contributed by atoms with Crippen molar-refractivity contribution in [1.29, 1.82) is 0 Å². The summed E-state index contributed by atoms with van der Waals surface area (Å²) in [5, 5.41) is 0. The molecule has 0 saturated heterocycles. The zero-order valence-corrected chi connectivity index (χ0v) is 14.4. The predicted octanol–water partition coefficient (Wildman–Crippen LogP) is 3.80. The Hall–Kier alpha value is -3.21. The second-order valence-electron chi connectivity index (χ2n) is 5.78. The summed E-state index contributed by atoms with van der Waals surface area (Å²) in [5.74, 6) is 0.0926. The molecule has 0 saturated carbocycles. The first-order chi connectivity index (χ1) is 12.0. The summed E-state index contributed by atoms with van der Waals surface area (Å²) in [7, 11) is 1.38. The molecule has 0 fully saturated rings. The van der Waals surface area contributed by atoms with Gasteiger partial charge in [0.15, 0.2) is 0 Å². The molecule has 0 bridgehead atoms. The Kier molecular flexibility index (Phi) is 4.48. The van der Waals surface area contributed by atoms with E-state index in [1.165, 1.54) is 7.11 Å². The fourth-order valence-electron chi connectivity index (χ4n) is 2.68.